The first-order chi connectivity index (χ1) is 23.0. The van der Waals surface area contributed by atoms with Gasteiger partial charge in [0.05, 0.1) is 11.1 Å². The van der Waals surface area contributed by atoms with Crippen LogP contribution in [-0.4, -0.2) is 50.1 Å². The molecule has 0 saturated heterocycles. The van der Waals surface area contributed by atoms with E-state index in [1.54, 1.807) is 0 Å². The average Bonchev–Trinajstić information content (AvgIpc) is 3.07. The SMILES string of the molecule is CCCCCCCCCCCCCCCCCCCCCCCCCCCCCCCCC[CH2][Na].O=C(O)c1ccccc1C(=O)O. The zero-order valence-electron chi connectivity index (χ0n) is 31.4. The zero-order chi connectivity index (χ0) is 34.5. The number of carboxylic acid groups (broad SMARTS) is 2. The number of hydrogen-bond acceptors (Lipinski definition) is 2. The summed E-state index contributed by atoms with van der Waals surface area (Å²) in [7, 11) is 0. The molecule has 268 valence electrons. The molecular formula is C42H75NaO4. The minimum atomic E-state index is -1.23. The van der Waals surface area contributed by atoms with E-state index >= 15 is 0 Å². The van der Waals surface area contributed by atoms with E-state index in [0.717, 1.165) is 0 Å². The van der Waals surface area contributed by atoms with Gasteiger partial charge in [0.15, 0.2) is 0 Å². The van der Waals surface area contributed by atoms with Gasteiger partial charge in [-0.2, -0.15) is 0 Å². The van der Waals surface area contributed by atoms with Crippen molar-refractivity contribution in [3.8, 4) is 0 Å². The molecule has 0 unspecified atom stereocenters. The Hall–Kier alpha value is -0.840. The molecular weight excluding hydrogens is 591 g/mol. The van der Waals surface area contributed by atoms with Gasteiger partial charge in [0.2, 0.25) is 0 Å². The molecule has 1 rings (SSSR count). The smallest absolute Gasteiger partial charge is 0.336 e. The molecule has 0 heterocycles. The number of aromatic carboxylic acids is 2. The maximum atomic E-state index is 10.5. The number of rotatable bonds is 34. The van der Waals surface area contributed by atoms with Crippen molar-refractivity contribution in [1.82, 2.24) is 0 Å². The summed E-state index contributed by atoms with van der Waals surface area (Å²) >= 11 is 1.41. The van der Waals surface area contributed by atoms with E-state index in [4.69, 9.17) is 10.2 Å². The normalized spacial score (nSPS) is 11.0. The number of benzene rings is 1. The first kappa shape index (κ1) is 46.2. The van der Waals surface area contributed by atoms with Crippen LogP contribution in [0, 0.1) is 0 Å². The van der Waals surface area contributed by atoms with Crippen LogP contribution < -0.4 is 0 Å². The summed E-state index contributed by atoms with van der Waals surface area (Å²) in [5, 5.41) is 17.1. The second kappa shape index (κ2) is 38.0. The van der Waals surface area contributed by atoms with Crippen LogP contribution in [0.4, 0.5) is 0 Å². The summed E-state index contributed by atoms with van der Waals surface area (Å²) in [4.78, 5) is 20.9. The first-order valence-electron chi connectivity index (χ1n) is 20.6. The largest absolute Gasteiger partial charge is 0.478 e. The Bertz CT molecular complexity index is 747. The summed E-state index contributed by atoms with van der Waals surface area (Å²) in [5.41, 5.74) is -0.380. The standard InChI is InChI=1S/C34H69.C8H6O4.Na/c1-3-5-7-9-11-13-15-17-19-21-23-25-27-29-31-33-34-32-30-28-26-24-22-20-18-16-14-12-10-8-6-4-2;9-7(10)5-3-1-2-4-6(5)8(11)12;/h1,3-34H2,2H3;1-4H,(H,9,10)(H,11,12);. The molecule has 0 aliphatic heterocycles. The summed E-state index contributed by atoms with van der Waals surface area (Å²) in [6, 6.07) is 5.48. The zero-order valence-corrected chi connectivity index (χ0v) is 33.4. The molecule has 0 saturated carbocycles. The van der Waals surface area contributed by atoms with Gasteiger partial charge >= 0.3 is 114 Å². The van der Waals surface area contributed by atoms with Gasteiger partial charge in [0.25, 0.3) is 0 Å². The maximum absolute atomic E-state index is 10.5. The van der Waals surface area contributed by atoms with E-state index < -0.39 is 11.9 Å². The van der Waals surface area contributed by atoms with E-state index in [-0.39, 0.29) is 11.1 Å². The van der Waals surface area contributed by atoms with Gasteiger partial charge in [-0.25, -0.2) is 9.59 Å². The molecule has 0 radical (unpaired) electrons. The van der Waals surface area contributed by atoms with Crippen LogP contribution in [0.3, 0.4) is 0 Å². The quantitative estimate of drug-likeness (QED) is 0.0567. The average molecular weight is 667 g/mol. The van der Waals surface area contributed by atoms with Gasteiger partial charge in [-0.3, -0.25) is 0 Å². The molecule has 0 aliphatic carbocycles. The van der Waals surface area contributed by atoms with Crippen molar-refractivity contribution < 1.29 is 19.8 Å². The van der Waals surface area contributed by atoms with Crippen LogP contribution in [0.2, 0.25) is 3.67 Å². The van der Waals surface area contributed by atoms with Crippen molar-refractivity contribution in [2.75, 3.05) is 0 Å². The second-order valence-electron chi connectivity index (χ2n) is 14.1. The van der Waals surface area contributed by atoms with E-state index in [0.29, 0.717) is 0 Å². The van der Waals surface area contributed by atoms with Crippen molar-refractivity contribution in [2.24, 2.45) is 0 Å². The number of unbranched alkanes of at least 4 members (excludes halogenated alkanes) is 31. The number of hydrogen-bond donors (Lipinski definition) is 2. The molecule has 2 N–H and O–H groups in total. The van der Waals surface area contributed by atoms with Gasteiger partial charge in [-0.1, -0.05) is 154 Å². The van der Waals surface area contributed by atoms with Crippen LogP contribution in [0.1, 0.15) is 233 Å². The molecule has 4 nitrogen and oxygen atoms in total. The van der Waals surface area contributed by atoms with Crippen molar-refractivity contribution in [1.29, 1.82) is 0 Å². The second-order valence-corrected chi connectivity index (χ2v) is 15.1. The summed E-state index contributed by atoms with van der Waals surface area (Å²) in [6.07, 6.45) is 47.7. The van der Waals surface area contributed by atoms with Crippen molar-refractivity contribution in [3.05, 3.63) is 35.4 Å². The van der Waals surface area contributed by atoms with Crippen LogP contribution in [0.15, 0.2) is 24.3 Å². The molecule has 0 amide bonds. The Morgan fingerprint density at radius 3 is 0.766 bits per heavy atom. The van der Waals surface area contributed by atoms with Gasteiger partial charge in [0.1, 0.15) is 0 Å². The molecule has 1 aromatic rings. The van der Waals surface area contributed by atoms with Gasteiger partial charge in [-0.15, -0.1) is 0 Å². The monoisotopic (exact) mass is 667 g/mol. The minimum absolute atomic E-state index is 0.190. The third-order valence-corrected chi connectivity index (χ3v) is 10.3. The van der Waals surface area contributed by atoms with E-state index in [9.17, 15) is 9.59 Å². The molecule has 47 heavy (non-hydrogen) atoms. The molecule has 0 spiro atoms. The molecule has 0 fully saturated rings. The van der Waals surface area contributed by atoms with Gasteiger partial charge in [-0.05, 0) is 12.1 Å². The number of carbonyl (C=O) groups is 2. The maximum Gasteiger partial charge on any atom is 0.336 e. The molecule has 5 heteroatoms. The Kier molecular flexibility index (Phi) is 37.3. The molecule has 1 aromatic carbocycles. The third kappa shape index (κ3) is 33.4. The molecule has 0 aromatic heterocycles. The fourth-order valence-corrected chi connectivity index (χ4v) is 6.98. The van der Waals surface area contributed by atoms with Crippen LogP contribution >= 0.6 is 0 Å². The Morgan fingerprint density at radius 1 is 0.404 bits per heavy atom. The van der Waals surface area contributed by atoms with Gasteiger partial charge in [0, 0.05) is 0 Å². The first-order valence-corrected chi connectivity index (χ1v) is 22.0. The summed E-state index contributed by atoms with van der Waals surface area (Å²) in [5.74, 6) is -2.46. The Balaban J connectivity index is 0.00000146. The number of carboxylic acids is 2. The third-order valence-electron chi connectivity index (χ3n) is 9.59. The van der Waals surface area contributed by atoms with E-state index in [1.165, 1.54) is 261 Å². The van der Waals surface area contributed by atoms with Crippen LogP contribution in [0.5, 0.6) is 0 Å². The van der Waals surface area contributed by atoms with Crippen molar-refractivity contribution in [3.63, 3.8) is 0 Å². The summed E-state index contributed by atoms with van der Waals surface area (Å²) in [6.45, 7) is 2.31. The van der Waals surface area contributed by atoms with E-state index in [1.807, 2.05) is 0 Å². The van der Waals surface area contributed by atoms with Crippen LogP contribution in [0.25, 0.3) is 0 Å². The fraction of sp³-hybridized carbons (Fsp3) is 0.810. The van der Waals surface area contributed by atoms with E-state index in [2.05, 4.69) is 6.92 Å². The predicted molar refractivity (Wildman–Crippen MR) is 204 cm³/mol. The predicted octanol–water partition coefficient (Wildman–Crippen LogP) is 14.2. The van der Waals surface area contributed by atoms with Crippen LogP contribution in [-0.2, 0) is 0 Å². The Morgan fingerprint density at radius 2 is 0.596 bits per heavy atom. The minimum Gasteiger partial charge on any atom is -0.478 e. The van der Waals surface area contributed by atoms with Gasteiger partial charge < -0.3 is 10.2 Å². The topological polar surface area (TPSA) is 74.6 Å². The fourth-order valence-electron chi connectivity index (χ4n) is 6.48. The molecule has 0 bridgehead atoms. The van der Waals surface area contributed by atoms with Crippen molar-refractivity contribution in [2.45, 2.75) is 216 Å². The molecule has 0 atom stereocenters. The summed E-state index contributed by atoms with van der Waals surface area (Å²) < 4.78 is 1.51. The molecule has 0 aliphatic rings. The Labute approximate surface area is 309 Å². The van der Waals surface area contributed by atoms with Crippen molar-refractivity contribution >= 4 is 39.9 Å².